The van der Waals surface area contributed by atoms with Crippen molar-refractivity contribution in [3.63, 3.8) is 0 Å². The van der Waals surface area contributed by atoms with Gasteiger partial charge in [-0.05, 0) is 12.0 Å². The zero-order valence-electron chi connectivity index (χ0n) is 11.2. The van der Waals surface area contributed by atoms with Gasteiger partial charge in [0.15, 0.2) is 0 Å². The minimum absolute atomic E-state index is 0.0530. The number of aliphatic hydroxyl groups excluding tert-OH is 1. The molecule has 0 aliphatic carbocycles. The normalized spacial score (nSPS) is 27.9. The summed E-state index contributed by atoms with van der Waals surface area (Å²) in [5, 5.41) is 9.01. The molecule has 3 heteroatoms. The predicted octanol–water partition coefficient (Wildman–Crippen LogP) is 2.44. The van der Waals surface area contributed by atoms with E-state index in [2.05, 4.69) is 0 Å². The van der Waals surface area contributed by atoms with Crippen LogP contribution in [-0.4, -0.2) is 29.7 Å². The highest BCUT2D eigenvalue weighted by atomic mass is 16.5. The molecule has 3 nitrogen and oxygen atoms in total. The quantitative estimate of drug-likeness (QED) is 0.904. The van der Waals surface area contributed by atoms with E-state index in [9.17, 15) is 4.79 Å². The fraction of sp³-hybridized carbons (Fsp3) is 0.438. The molecule has 0 saturated carbocycles. The molecule has 1 heterocycles. The Balaban J connectivity index is 2.01. The van der Waals surface area contributed by atoms with Crippen LogP contribution in [0.3, 0.4) is 0 Å². The molecule has 1 fully saturated rings. The predicted molar refractivity (Wildman–Crippen MR) is 74.6 cm³/mol. The Kier molecular flexibility index (Phi) is 4.88. The highest BCUT2D eigenvalue weighted by Crippen LogP contribution is 2.25. The number of hydrogen-bond donors (Lipinski definition) is 1. The third-order valence-corrected chi connectivity index (χ3v) is 3.53. The van der Waals surface area contributed by atoms with Crippen molar-refractivity contribution < 1.29 is 14.6 Å². The van der Waals surface area contributed by atoms with Crippen LogP contribution in [-0.2, 0) is 9.53 Å². The van der Waals surface area contributed by atoms with Crippen molar-refractivity contribution in [2.24, 2.45) is 5.92 Å². The van der Waals surface area contributed by atoms with E-state index in [0.717, 1.165) is 5.56 Å². The molecule has 1 aromatic rings. The molecular weight excluding hydrogens is 240 g/mol. The smallest absolute Gasteiger partial charge is 0.141 e. The summed E-state index contributed by atoms with van der Waals surface area (Å²) in [7, 11) is 0. The monoisotopic (exact) mass is 260 g/mol. The highest BCUT2D eigenvalue weighted by Gasteiger charge is 2.32. The molecule has 102 valence electrons. The fourth-order valence-electron chi connectivity index (χ4n) is 2.32. The second-order valence-electron chi connectivity index (χ2n) is 4.95. The van der Waals surface area contributed by atoms with Crippen LogP contribution in [0.2, 0.25) is 0 Å². The second kappa shape index (κ2) is 6.64. The van der Waals surface area contributed by atoms with Gasteiger partial charge in [-0.1, -0.05) is 49.4 Å². The Labute approximate surface area is 113 Å². The molecule has 0 amide bonds. The maximum Gasteiger partial charge on any atom is 0.141 e. The molecule has 0 aromatic heterocycles. The molecule has 1 aliphatic rings. The van der Waals surface area contributed by atoms with Gasteiger partial charge in [0.25, 0.3) is 0 Å². The van der Waals surface area contributed by atoms with E-state index in [1.807, 2.05) is 49.4 Å². The van der Waals surface area contributed by atoms with Gasteiger partial charge in [0, 0.05) is 18.9 Å². The van der Waals surface area contributed by atoms with Crippen LogP contribution in [0.25, 0.3) is 6.08 Å². The Morgan fingerprint density at radius 1 is 1.37 bits per heavy atom. The minimum Gasteiger partial charge on any atom is -0.396 e. The summed E-state index contributed by atoms with van der Waals surface area (Å²) in [4.78, 5) is 11.9. The van der Waals surface area contributed by atoms with Crippen LogP contribution in [0.4, 0.5) is 0 Å². The van der Waals surface area contributed by atoms with E-state index in [1.54, 1.807) is 0 Å². The Morgan fingerprint density at radius 2 is 2.11 bits per heavy atom. The summed E-state index contributed by atoms with van der Waals surface area (Å²) < 4.78 is 5.86. The second-order valence-corrected chi connectivity index (χ2v) is 4.95. The molecule has 1 aromatic carbocycles. The molecular formula is C16H20O3. The summed E-state index contributed by atoms with van der Waals surface area (Å²) in [5.41, 5.74) is 1.09. The lowest BCUT2D eigenvalue weighted by Gasteiger charge is -2.32. The van der Waals surface area contributed by atoms with E-state index in [1.165, 1.54) is 0 Å². The Morgan fingerprint density at radius 3 is 2.79 bits per heavy atom. The molecule has 0 bridgehead atoms. The van der Waals surface area contributed by atoms with Gasteiger partial charge in [0.1, 0.15) is 5.78 Å². The van der Waals surface area contributed by atoms with Crippen molar-refractivity contribution >= 4 is 11.9 Å². The lowest BCUT2D eigenvalue weighted by atomic mass is 9.90. The summed E-state index contributed by atoms with van der Waals surface area (Å²) in [5.74, 6) is 0.0981. The molecule has 1 N–H and O–H groups in total. The number of ether oxygens (including phenoxy) is 1. The maximum atomic E-state index is 11.9. The molecule has 2 rings (SSSR count). The standard InChI is InChI=1S/C16H20O3/c1-12-15(18)11-14(19-16(12)9-10-17)8-7-13-5-3-2-4-6-13/h2-8,12,14,16-17H,9-11H2,1H3/b8-7+/t12-,14-,16+/m0/s1. The van der Waals surface area contributed by atoms with E-state index in [-0.39, 0.29) is 30.5 Å². The minimum atomic E-state index is -0.180. The van der Waals surface area contributed by atoms with E-state index < -0.39 is 0 Å². The van der Waals surface area contributed by atoms with Crippen molar-refractivity contribution in [2.45, 2.75) is 32.0 Å². The summed E-state index contributed by atoms with van der Waals surface area (Å²) in [6.07, 6.45) is 4.50. The van der Waals surface area contributed by atoms with Crippen molar-refractivity contribution in [2.75, 3.05) is 6.61 Å². The number of benzene rings is 1. The van der Waals surface area contributed by atoms with Crippen LogP contribution in [0, 0.1) is 5.92 Å². The van der Waals surface area contributed by atoms with Crippen molar-refractivity contribution in [1.29, 1.82) is 0 Å². The topological polar surface area (TPSA) is 46.5 Å². The molecule has 3 atom stereocenters. The number of rotatable bonds is 4. The van der Waals surface area contributed by atoms with Gasteiger partial charge in [0.2, 0.25) is 0 Å². The van der Waals surface area contributed by atoms with Gasteiger partial charge in [0.05, 0.1) is 12.2 Å². The average Bonchev–Trinajstić information content (AvgIpc) is 2.43. The van der Waals surface area contributed by atoms with Gasteiger partial charge in [-0.25, -0.2) is 0 Å². The van der Waals surface area contributed by atoms with Crippen molar-refractivity contribution in [1.82, 2.24) is 0 Å². The maximum absolute atomic E-state index is 11.9. The van der Waals surface area contributed by atoms with Gasteiger partial charge >= 0.3 is 0 Å². The number of ketones is 1. The first kappa shape index (κ1) is 14.0. The fourth-order valence-corrected chi connectivity index (χ4v) is 2.32. The largest absolute Gasteiger partial charge is 0.396 e. The van der Waals surface area contributed by atoms with Gasteiger partial charge in [-0.15, -0.1) is 0 Å². The average molecular weight is 260 g/mol. The molecule has 0 spiro atoms. The summed E-state index contributed by atoms with van der Waals surface area (Å²) in [6.45, 7) is 1.93. The molecule has 19 heavy (non-hydrogen) atoms. The first-order valence-corrected chi connectivity index (χ1v) is 6.73. The van der Waals surface area contributed by atoms with E-state index in [4.69, 9.17) is 9.84 Å². The molecule has 0 unspecified atom stereocenters. The molecule has 1 aliphatic heterocycles. The van der Waals surface area contributed by atoms with Crippen LogP contribution in [0.1, 0.15) is 25.3 Å². The summed E-state index contributed by atoms with van der Waals surface area (Å²) >= 11 is 0. The highest BCUT2D eigenvalue weighted by molar-refractivity contribution is 5.82. The number of aliphatic hydroxyl groups is 1. The van der Waals surface area contributed by atoms with Gasteiger partial charge < -0.3 is 9.84 Å². The van der Waals surface area contributed by atoms with Gasteiger partial charge in [-0.3, -0.25) is 4.79 Å². The van der Waals surface area contributed by atoms with E-state index in [0.29, 0.717) is 12.8 Å². The zero-order chi connectivity index (χ0) is 13.7. The Bertz CT molecular complexity index is 439. The lowest BCUT2D eigenvalue weighted by Crippen LogP contribution is -2.39. The van der Waals surface area contributed by atoms with Crippen LogP contribution >= 0.6 is 0 Å². The van der Waals surface area contributed by atoms with Crippen LogP contribution in [0.15, 0.2) is 36.4 Å². The van der Waals surface area contributed by atoms with E-state index >= 15 is 0 Å². The van der Waals surface area contributed by atoms with Crippen LogP contribution in [0.5, 0.6) is 0 Å². The van der Waals surface area contributed by atoms with Crippen molar-refractivity contribution in [3.05, 3.63) is 42.0 Å². The third-order valence-electron chi connectivity index (χ3n) is 3.53. The SMILES string of the molecule is C[C@H]1C(=O)C[C@H](/C=C/c2ccccc2)O[C@@H]1CCO. The van der Waals surface area contributed by atoms with Crippen LogP contribution < -0.4 is 0 Å². The number of carbonyl (C=O) groups excluding carboxylic acids is 1. The zero-order valence-corrected chi connectivity index (χ0v) is 11.2. The van der Waals surface area contributed by atoms with Gasteiger partial charge in [-0.2, -0.15) is 0 Å². The lowest BCUT2D eigenvalue weighted by molar-refractivity contribution is -0.141. The first-order chi connectivity index (χ1) is 9.20. The third kappa shape index (κ3) is 3.75. The molecule has 1 saturated heterocycles. The summed E-state index contributed by atoms with van der Waals surface area (Å²) in [6, 6.07) is 9.94. The number of carbonyl (C=O) groups is 1. The van der Waals surface area contributed by atoms with Crippen molar-refractivity contribution in [3.8, 4) is 0 Å². The first-order valence-electron chi connectivity index (χ1n) is 6.73. The molecule has 0 radical (unpaired) electrons. The Hall–Kier alpha value is -1.45. The number of hydrogen-bond acceptors (Lipinski definition) is 3. The number of Topliss-reactive ketones (excluding diaryl/α,β-unsaturated/α-hetero) is 1.